The first-order chi connectivity index (χ1) is 13.3. The van der Waals surface area contributed by atoms with Crippen LogP contribution in [-0.4, -0.2) is 34.1 Å². The minimum Gasteiger partial charge on any atom is -0.486 e. The highest BCUT2D eigenvalue weighted by atomic mass is 79.9. The molecule has 3 rings (SSSR count). The van der Waals surface area contributed by atoms with E-state index >= 15 is 0 Å². The molecule has 1 unspecified atom stereocenters. The summed E-state index contributed by atoms with van der Waals surface area (Å²) in [7, 11) is -3.66. The fourth-order valence-corrected chi connectivity index (χ4v) is 4.37. The quantitative estimate of drug-likeness (QED) is 0.651. The zero-order valence-electron chi connectivity index (χ0n) is 15.3. The highest BCUT2D eigenvalue weighted by Gasteiger charge is 2.17. The highest BCUT2D eigenvalue weighted by Crippen LogP contribution is 2.32. The Hall–Kier alpha value is -2.10. The summed E-state index contributed by atoms with van der Waals surface area (Å²) in [6.07, 6.45) is 0.0299. The lowest BCUT2D eigenvalue weighted by Gasteiger charge is -2.21. The predicted molar refractivity (Wildman–Crippen MR) is 108 cm³/mol. The van der Waals surface area contributed by atoms with E-state index in [0.717, 1.165) is 5.56 Å². The molecule has 0 aliphatic carbocycles. The van der Waals surface area contributed by atoms with Crippen molar-refractivity contribution in [1.29, 1.82) is 0 Å². The maximum Gasteiger partial charge on any atom is 0.240 e. The molecule has 1 amide bonds. The Balaban J connectivity index is 1.51. The van der Waals surface area contributed by atoms with Gasteiger partial charge >= 0.3 is 0 Å². The van der Waals surface area contributed by atoms with Crippen LogP contribution in [0.1, 0.15) is 24.9 Å². The van der Waals surface area contributed by atoms with Crippen molar-refractivity contribution in [2.45, 2.75) is 24.3 Å². The second kappa shape index (κ2) is 8.93. The summed E-state index contributed by atoms with van der Waals surface area (Å²) < 4.78 is 38.7. The largest absolute Gasteiger partial charge is 0.486 e. The Labute approximate surface area is 172 Å². The molecule has 1 aliphatic heterocycles. The van der Waals surface area contributed by atoms with Gasteiger partial charge in [0, 0.05) is 17.4 Å². The molecule has 0 saturated heterocycles. The van der Waals surface area contributed by atoms with Gasteiger partial charge in [0.1, 0.15) is 13.2 Å². The summed E-state index contributed by atoms with van der Waals surface area (Å²) in [6.45, 7) is 2.88. The minimum absolute atomic E-state index is 0.00847. The van der Waals surface area contributed by atoms with Crippen LogP contribution in [0.3, 0.4) is 0 Å². The number of amides is 1. The van der Waals surface area contributed by atoms with E-state index in [1.165, 1.54) is 12.1 Å². The third-order valence-corrected chi connectivity index (χ3v) is 6.15. The van der Waals surface area contributed by atoms with Crippen molar-refractivity contribution < 1.29 is 22.7 Å². The number of hydrogen-bond donors (Lipinski definition) is 2. The number of rotatable bonds is 7. The zero-order chi connectivity index (χ0) is 20.1. The molecule has 1 atom stereocenters. The van der Waals surface area contributed by atoms with Gasteiger partial charge in [-0.15, -0.1) is 0 Å². The summed E-state index contributed by atoms with van der Waals surface area (Å²) in [5.41, 5.74) is 0.882. The average molecular weight is 469 g/mol. The van der Waals surface area contributed by atoms with Gasteiger partial charge < -0.3 is 14.8 Å². The molecule has 7 nitrogen and oxygen atoms in total. The lowest BCUT2D eigenvalue weighted by Crippen LogP contribution is -2.32. The van der Waals surface area contributed by atoms with Crippen molar-refractivity contribution in [3.05, 3.63) is 52.5 Å². The van der Waals surface area contributed by atoms with Crippen LogP contribution in [0.2, 0.25) is 0 Å². The number of fused-ring (bicyclic) bond motifs is 1. The van der Waals surface area contributed by atoms with Gasteiger partial charge in [-0.3, -0.25) is 4.79 Å². The molecule has 2 aromatic rings. The van der Waals surface area contributed by atoms with E-state index in [9.17, 15) is 13.2 Å². The van der Waals surface area contributed by atoms with Crippen molar-refractivity contribution in [3.63, 3.8) is 0 Å². The number of hydrogen-bond acceptors (Lipinski definition) is 5. The minimum atomic E-state index is -3.66. The van der Waals surface area contributed by atoms with E-state index in [1.807, 2.05) is 25.1 Å². The molecule has 0 radical (unpaired) electrons. The maximum atomic E-state index is 12.3. The topological polar surface area (TPSA) is 93.7 Å². The summed E-state index contributed by atoms with van der Waals surface area (Å²) in [6, 6.07) is 11.7. The second-order valence-corrected chi connectivity index (χ2v) is 8.98. The fraction of sp³-hybridized carbons (Fsp3) is 0.316. The number of halogens is 1. The molecule has 150 valence electrons. The van der Waals surface area contributed by atoms with E-state index in [0.29, 0.717) is 29.2 Å². The average Bonchev–Trinajstić information content (AvgIpc) is 2.67. The molecule has 1 heterocycles. The summed E-state index contributed by atoms with van der Waals surface area (Å²) in [4.78, 5) is 12.3. The predicted octanol–water partition coefficient (Wildman–Crippen LogP) is 2.77. The number of sulfonamides is 1. The van der Waals surface area contributed by atoms with Gasteiger partial charge in [-0.25, -0.2) is 13.1 Å². The Morgan fingerprint density at radius 2 is 1.89 bits per heavy atom. The van der Waals surface area contributed by atoms with Crippen LogP contribution in [-0.2, 0) is 14.8 Å². The number of carbonyl (C=O) groups excluding carboxylic acids is 1. The van der Waals surface area contributed by atoms with Gasteiger partial charge in [-0.1, -0.05) is 28.1 Å². The van der Waals surface area contributed by atoms with Gasteiger partial charge in [0.05, 0.1) is 10.9 Å². The lowest BCUT2D eigenvalue weighted by molar-refractivity contribution is -0.121. The molecule has 28 heavy (non-hydrogen) atoms. The Bertz CT molecular complexity index is 965. The number of benzene rings is 2. The summed E-state index contributed by atoms with van der Waals surface area (Å²) in [5.74, 6) is 1.10. The standard InChI is InChI=1S/C19H21BrN2O5S/c1-13(14-5-6-17-18(11-14)27-10-9-26-17)22-19(23)7-8-21-28(24,25)16-4-2-3-15(20)12-16/h2-6,11-13,21H,7-10H2,1H3,(H,22,23). The number of ether oxygens (including phenoxy) is 2. The smallest absolute Gasteiger partial charge is 0.240 e. The van der Waals surface area contributed by atoms with Crippen molar-refractivity contribution in [2.75, 3.05) is 19.8 Å². The molecule has 2 aromatic carbocycles. The van der Waals surface area contributed by atoms with Crippen molar-refractivity contribution in [3.8, 4) is 11.5 Å². The van der Waals surface area contributed by atoms with Crippen LogP contribution in [0.4, 0.5) is 0 Å². The monoisotopic (exact) mass is 468 g/mol. The van der Waals surface area contributed by atoms with Crippen LogP contribution in [0.15, 0.2) is 51.8 Å². The number of nitrogens with one attached hydrogen (secondary N) is 2. The van der Waals surface area contributed by atoms with Crippen LogP contribution >= 0.6 is 15.9 Å². The van der Waals surface area contributed by atoms with Gasteiger partial charge in [-0.05, 0) is 42.8 Å². The third kappa shape index (κ3) is 5.24. The molecule has 9 heteroatoms. The molecule has 1 aliphatic rings. The van der Waals surface area contributed by atoms with Gasteiger partial charge in [0.25, 0.3) is 0 Å². The molecule has 0 bridgehead atoms. The first-order valence-corrected chi connectivity index (χ1v) is 11.1. The Morgan fingerprint density at radius 3 is 2.64 bits per heavy atom. The van der Waals surface area contributed by atoms with Crippen LogP contribution in [0, 0.1) is 0 Å². The normalized spacial score (nSPS) is 14.4. The molecule has 0 fully saturated rings. The molecular formula is C19H21BrN2O5S. The van der Waals surface area contributed by atoms with Crippen molar-refractivity contribution in [2.24, 2.45) is 0 Å². The van der Waals surface area contributed by atoms with E-state index in [4.69, 9.17) is 9.47 Å². The SMILES string of the molecule is CC(NC(=O)CCNS(=O)(=O)c1cccc(Br)c1)c1ccc2c(c1)OCCO2. The van der Waals surface area contributed by atoms with E-state index in [2.05, 4.69) is 26.0 Å². The third-order valence-electron chi connectivity index (χ3n) is 4.19. The van der Waals surface area contributed by atoms with Gasteiger partial charge in [0.15, 0.2) is 11.5 Å². The Kier molecular flexibility index (Phi) is 6.58. The van der Waals surface area contributed by atoms with E-state index < -0.39 is 10.0 Å². The Morgan fingerprint density at radius 1 is 1.14 bits per heavy atom. The first-order valence-electron chi connectivity index (χ1n) is 8.79. The fourth-order valence-electron chi connectivity index (χ4n) is 2.74. The van der Waals surface area contributed by atoms with E-state index in [-0.39, 0.29) is 29.8 Å². The maximum absolute atomic E-state index is 12.3. The van der Waals surface area contributed by atoms with E-state index in [1.54, 1.807) is 12.1 Å². The first kappa shape index (κ1) is 20.6. The highest BCUT2D eigenvalue weighted by molar-refractivity contribution is 9.10. The van der Waals surface area contributed by atoms with Gasteiger partial charge in [0.2, 0.25) is 15.9 Å². The zero-order valence-corrected chi connectivity index (χ0v) is 17.7. The molecule has 0 saturated carbocycles. The van der Waals surface area contributed by atoms with Crippen LogP contribution < -0.4 is 19.5 Å². The molecule has 0 spiro atoms. The lowest BCUT2D eigenvalue weighted by atomic mass is 10.1. The van der Waals surface area contributed by atoms with Crippen molar-refractivity contribution >= 4 is 31.9 Å². The van der Waals surface area contributed by atoms with Crippen molar-refractivity contribution in [1.82, 2.24) is 10.0 Å². The van der Waals surface area contributed by atoms with Gasteiger partial charge in [-0.2, -0.15) is 0 Å². The molecular weight excluding hydrogens is 448 g/mol. The molecule has 2 N–H and O–H groups in total. The molecule has 0 aromatic heterocycles. The summed E-state index contributed by atoms with van der Waals surface area (Å²) >= 11 is 3.25. The summed E-state index contributed by atoms with van der Waals surface area (Å²) in [5, 5.41) is 2.86. The number of carbonyl (C=O) groups is 1. The van der Waals surface area contributed by atoms with Crippen LogP contribution in [0.5, 0.6) is 11.5 Å². The second-order valence-electron chi connectivity index (χ2n) is 6.30. The van der Waals surface area contributed by atoms with Crippen LogP contribution in [0.25, 0.3) is 0 Å².